The third-order valence-corrected chi connectivity index (χ3v) is 8.10. The lowest BCUT2D eigenvalue weighted by atomic mass is 9.89. The second-order valence-corrected chi connectivity index (χ2v) is 12.6. The maximum Gasteiger partial charge on any atom is 0.404 e. The highest BCUT2D eigenvalue weighted by atomic mass is 19.1. The Hall–Kier alpha value is -5.98. The molecule has 0 saturated carbocycles. The molecular weight excluding hydrogens is 703 g/mol. The number of hydrogen-bond acceptors (Lipinski definition) is 13. The van der Waals surface area contributed by atoms with E-state index in [9.17, 15) is 43.7 Å². The summed E-state index contributed by atoms with van der Waals surface area (Å²) in [4.78, 5) is 61.5. The molecule has 0 spiro atoms. The summed E-state index contributed by atoms with van der Waals surface area (Å²) in [6, 6.07) is 7.12. The molecule has 17 nitrogen and oxygen atoms in total. The molecule has 2 aromatic carbocycles. The Morgan fingerprint density at radius 1 is 1.13 bits per heavy atom. The van der Waals surface area contributed by atoms with Crippen molar-refractivity contribution in [3.63, 3.8) is 0 Å². The Kier molecular flexibility index (Phi) is 12.1. The summed E-state index contributed by atoms with van der Waals surface area (Å²) >= 11 is 0. The van der Waals surface area contributed by atoms with Crippen molar-refractivity contribution < 1.29 is 52.7 Å². The third-order valence-electron chi connectivity index (χ3n) is 8.10. The number of aliphatic hydroxyl groups excluding tert-OH is 1. The molecule has 1 saturated heterocycles. The molecular formula is C35H39FN4O13. The van der Waals surface area contributed by atoms with E-state index in [2.05, 4.69) is 5.32 Å². The van der Waals surface area contributed by atoms with Crippen LogP contribution in [0.5, 0.6) is 17.2 Å². The number of nitrogens with two attached hydrogens (primary N) is 1. The van der Waals surface area contributed by atoms with Crippen LogP contribution in [-0.4, -0.2) is 74.6 Å². The van der Waals surface area contributed by atoms with Crippen molar-refractivity contribution in [3.8, 4) is 17.2 Å². The number of primary amides is 1. The number of allylic oxidation sites excluding steroid dienone is 2. The van der Waals surface area contributed by atoms with Gasteiger partial charge in [-0.2, -0.15) is 4.39 Å². The van der Waals surface area contributed by atoms with E-state index in [1.807, 2.05) is 24.9 Å². The molecule has 0 aliphatic carbocycles. The number of methoxy groups -OCH3 is 1. The van der Waals surface area contributed by atoms with Gasteiger partial charge < -0.3 is 54.7 Å². The number of phenolic OH excluding ortho intramolecular Hbond substituents is 1. The minimum absolute atomic E-state index is 0.0183. The van der Waals surface area contributed by atoms with E-state index in [1.165, 1.54) is 37.4 Å². The van der Waals surface area contributed by atoms with E-state index in [-0.39, 0.29) is 33.6 Å². The number of aromatic nitrogens is 2. The number of benzene rings is 2. The fourth-order valence-electron chi connectivity index (χ4n) is 5.46. The van der Waals surface area contributed by atoms with Crippen molar-refractivity contribution in [1.82, 2.24) is 9.97 Å². The minimum atomic E-state index is -1.52. The minimum Gasteiger partial charge on any atom is -0.508 e. The summed E-state index contributed by atoms with van der Waals surface area (Å²) < 4.78 is 39.9. The van der Waals surface area contributed by atoms with Crippen LogP contribution in [-0.2, 0) is 20.6 Å². The molecule has 2 amide bonds. The molecule has 1 fully saturated rings. The van der Waals surface area contributed by atoms with Crippen LogP contribution in [0, 0.1) is 12.7 Å². The summed E-state index contributed by atoms with van der Waals surface area (Å²) in [5.41, 5.74) is 2.83. The number of aliphatic hydroxyl groups is 1. The molecule has 1 aliphatic rings. The molecule has 3 heterocycles. The number of carbonyl (C=O) groups is 2. The molecule has 18 heteroatoms. The fraction of sp³-hybridized carbons (Fsp3) is 0.343. The zero-order valence-corrected chi connectivity index (χ0v) is 29.4. The Bertz CT molecular complexity index is 2220. The summed E-state index contributed by atoms with van der Waals surface area (Å²) in [6.07, 6.45) is -3.10. The number of anilines is 1. The van der Waals surface area contributed by atoms with Crippen LogP contribution in [0.3, 0.4) is 0 Å². The van der Waals surface area contributed by atoms with Crippen LogP contribution in [0.15, 0.2) is 67.0 Å². The Morgan fingerprint density at radius 2 is 1.83 bits per heavy atom. The third kappa shape index (κ3) is 9.09. The highest BCUT2D eigenvalue weighted by Gasteiger charge is 2.53. The average Bonchev–Trinajstić information content (AvgIpc) is 3.08. The molecule has 1 aliphatic heterocycles. The van der Waals surface area contributed by atoms with Crippen molar-refractivity contribution in [2.75, 3.05) is 12.4 Å². The van der Waals surface area contributed by atoms with Gasteiger partial charge in [0.15, 0.2) is 23.6 Å². The zero-order valence-electron chi connectivity index (χ0n) is 29.4. The number of amides is 2. The first kappa shape index (κ1) is 39.8. The molecule has 4 unspecified atom stereocenters. The average molecular weight is 743 g/mol. The highest BCUT2D eigenvalue weighted by Crippen LogP contribution is 2.38. The highest BCUT2D eigenvalue weighted by molar-refractivity contribution is 6.06. The number of aromatic hydroxyl groups is 2. The maximum atomic E-state index is 13.0. The van der Waals surface area contributed by atoms with Crippen molar-refractivity contribution in [3.05, 3.63) is 102 Å². The summed E-state index contributed by atoms with van der Waals surface area (Å²) in [6.45, 7) is 8.69. The van der Waals surface area contributed by atoms with Crippen molar-refractivity contribution >= 4 is 28.7 Å². The lowest BCUT2D eigenvalue weighted by Crippen LogP contribution is -2.65. The van der Waals surface area contributed by atoms with Crippen LogP contribution in [0.1, 0.15) is 49.2 Å². The first-order chi connectivity index (χ1) is 24.8. The fourth-order valence-corrected chi connectivity index (χ4v) is 5.46. The van der Waals surface area contributed by atoms with Crippen molar-refractivity contribution in [2.24, 2.45) is 5.73 Å². The number of aromatic amines is 2. The van der Waals surface area contributed by atoms with Crippen molar-refractivity contribution in [2.45, 2.75) is 71.2 Å². The predicted octanol–water partition coefficient (Wildman–Crippen LogP) is 2.83. The number of carbonyl (C=O) groups excluding carboxylic acids is 2. The van der Waals surface area contributed by atoms with Crippen LogP contribution in [0.2, 0.25) is 0 Å². The Morgan fingerprint density at radius 3 is 2.43 bits per heavy atom. The summed E-state index contributed by atoms with van der Waals surface area (Å²) in [5.74, 6) is -2.08. The summed E-state index contributed by atoms with van der Waals surface area (Å²) in [5, 5.41) is 34.6. The second kappa shape index (κ2) is 16.1. The van der Waals surface area contributed by atoms with Gasteiger partial charge in [-0.25, -0.2) is 14.4 Å². The quantitative estimate of drug-likeness (QED) is 0.101. The molecule has 8 N–H and O–H groups in total. The monoisotopic (exact) mass is 742 g/mol. The molecule has 4 aromatic rings. The number of rotatable bonds is 8. The number of ether oxygens (including phenoxy) is 4. The number of H-pyrrole nitrogens is 2. The van der Waals surface area contributed by atoms with Gasteiger partial charge in [0.1, 0.15) is 23.2 Å². The summed E-state index contributed by atoms with van der Waals surface area (Å²) in [7, 11) is 1.37. The molecule has 53 heavy (non-hydrogen) atoms. The SMILES string of the molecule is COC1C(OC(N)=O)C(O)C(Oc2ccc3c(O)c(NC(=O)c4ccc(O)c(CC=C(C)C)c4)c(=O)oc3c2C)OC1(C)C.O=c1[nH]cc(F)c(=O)[nH]1. The normalized spacial score (nSPS) is 19.0. The number of hydrogen-bond donors (Lipinski definition) is 7. The number of phenols is 1. The number of nitrogens with one attached hydrogen (secondary N) is 3. The number of halogens is 1. The molecule has 284 valence electrons. The van der Waals surface area contributed by atoms with Gasteiger partial charge in [-0.1, -0.05) is 11.6 Å². The van der Waals surface area contributed by atoms with E-state index in [1.54, 1.807) is 25.8 Å². The molecule has 5 rings (SSSR count). The lowest BCUT2D eigenvalue weighted by Gasteiger charge is -2.47. The van der Waals surface area contributed by atoms with Gasteiger partial charge in [0.2, 0.25) is 12.1 Å². The number of aryl methyl sites for hydroxylation is 1. The van der Waals surface area contributed by atoms with E-state index in [0.717, 1.165) is 5.57 Å². The largest absolute Gasteiger partial charge is 0.508 e. The topological polar surface area (TPSA) is 266 Å². The van der Waals surface area contributed by atoms with Crippen LogP contribution < -0.4 is 32.7 Å². The molecule has 4 atom stereocenters. The van der Waals surface area contributed by atoms with Crippen LogP contribution in [0.4, 0.5) is 14.9 Å². The predicted molar refractivity (Wildman–Crippen MR) is 187 cm³/mol. The maximum absolute atomic E-state index is 13.0. The molecule has 0 bridgehead atoms. The Balaban J connectivity index is 0.000000608. The zero-order chi connectivity index (χ0) is 39.4. The van der Waals surface area contributed by atoms with Crippen LogP contribution >= 0.6 is 0 Å². The van der Waals surface area contributed by atoms with Crippen LogP contribution in [0.25, 0.3) is 11.0 Å². The lowest BCUT2D eigenvalue weighted by molar-refractivity contribution is -0.304. The first-order valence-corrected chi connectivity index (χ1v) is 15.9. The first-order valence-electron chi connectivity index (χ1n) is 15.9. The molecule has 0 radical (unpaired) electrons. The van der Waals surface area contributed by atoms with Gasteiger partial charge in [0, 0.05) is 24.4 Å². The van der Waals surface area contributed by atoms with Gasteiger partial charge in [0.05, 0.1) is 11.0 Å². The van der Waals surface area contributed by atoms with Gasteiger partial charge in [0.25, 0.3) is 11.5 Å². The van der Waals surface area contributed by atoms with E-state index in [4.69, 9.17) is 29.1 Å². The van der Waals surface area contributed by atoms with Crippen molar-refractivity contribution in [1.29, 1.82) is 0 Å². The van der Waals surface area contributed by atoms with Gasteiger partial charge in [-0.05, 0) is 76.9 Å². The van der Waals surface area contributed by atoms with Gasteiger partial charge in [-0.15, -0.1) is 0 Å². The standard InChI is InChI=1S/C31H36N2O11.C4H3FN2O2/c1-14(2)7-8-16-13-17(9-11-19(16)34)27(37)33-21-22(35)18-10-12-20(15(3)24(18)42-28(21)38)41-29-23(36)25(43-30(32)39)26(40-6)31(4,5)44-29;5-2-1-6-4(9)7-3(2)8/h7,9-13,23,25-26,29,34-36H,8H2,1-6H3,(H2,32,39)(H,33,37);1H,(H2,6,7,8,9). The molecule has 2 aromatic heterocycles. The van der Waals surface area contributed by atoms with E-state index in [0.29, 0.717) is 18.2 Å². The second-order valence-electron chi connectivity index (χ2n) is 12.6. The number of fused-ring (bicyclic) bond motifs is 1. The van der Waals surface area contributed by atoms with E-state index >= 15 is 0 Å². The van der Waals surface area contributed by atoms with Gasteiger partial charge in [-0.3, -0.25) is 14.6 Å². The smallest absolute Gasteiger partial charge is 0.404 e. The van der Waals surface area contributed by atoms with E-state index < -0.39 is 76.3 Å². The van der Waals surface area contributed by atoms with Gasteiger partial charge >= 0.3 is 17.4 Å². The Labute approximate surface area is 299 Å².